The van der Waals surface area contributed by atoms with Crippen molar-refractivity contribution < 1.29 is 9.47 Å². The fourth-order valence-electron chi connectivity index (χ4n) is 1.89. The third-order valence-corrected chi connectivity index (χ3v) is 3.10. The third-order valence-electron chi connectivity index (χ3n) is 3.10. The van der Waals surface area contributed by atoms with Gasteiger partial charge in [-0.15, -0.1) is 0 Å². The number of ether oxygens (including phenoxy) is 2. The number of hydrogen-bond donors (Lipinski definition) is 0. The van der Waals surface area contributed by atoms with Gasteiger partial charge in [-0.05, 0) is 18.9 Å². The number of nitrogens with zero attached hydrogens (tertiary/aromatic N) is 2. The van der Waals surface area contributed by atoms with Crippen molar-refractivity contribution in [3.63, 3.8) is 0 Å². The van der Waals surface area contributed by atoms with Gasteiger partial charge in [-0.1, -0.05) is 37.3 Å². The van der Waals surface area contributed by atoms with Crippen molar-refractivity contribution in [1.29, 1.82) is 0 Å². The van der Waals surface area contributed by atoms with Crippen molar-refractivity contribution >= 4 is 0 Å². The van der Waals surface area contributed by atoms with Gasteiger partial charge >= 0.3 is 6.01 Å². The monoisotopic (exact) mass is 288 g/mol. The van der Waals surface area contributed by atoms with Gasteiger partial charge in [-0.3, -0.25) is 4.79 Å². The summed E-state index contributed by atoms with van der Waals surface area (Å²) in [6.45, 7) is 4.85. The Kier molecular flexibility index (Phi) is 5.51. The number of rotatable bonds is 7. The van der Waals surface area contributed by atoms with Crippen molar-refractivity contribution in [2.45, 2.75) is 33.6 Å². The van der Waals surface area contributed by atoms with Crippen molar-refractivity contribution in [3.05, 3.63) is 58.0 Å². The first-order chi connectivity index (χ1) is 10.3. The highest BCUT2D eigenvalue weighted by molar-refractivity contribution is 5.15. The smallest absolute Gasteiger partial charge is 0.301 e. The molecule has 0 unspecified atom stereocenters. The molecule has 0 radical (unpaired) electrons. The molecule has 0 fully saturated rings. The van der Waals surface area contributed by atoms with Gasteiger partial charge in [0.1, 0.15) is 13.3 Å². The minimum atomic E-state index is -0.107. The van der Waals surface area contributed by atoms with Crippen LogP contribution in [0.1, 0.15) is 25.0 Å². The van der Waals surface area contributed by atoms with Crippen LogP contribution in [-0.2, 0) is 24.5 Å². The summed E-state index contributed by atoms with van der Waals surface area (Å²) in [4.78, 5) is 16.5. The molecule has 0 aliphatic heterocycles. The molecule has 0 spiro atoms. The standard InChI is InChI=1S/C16H20N2O3/c1-3-14-10-17-16(18(15(14)19)12-20-4-2)21-11-13-8-6-5-7-9-13/h5-10H,3-4,11-12H2,1-2H3. The maximum atomic E-state index is 12.3. The van der Waals surface area contributed by atoms with Crippen LogP contribution in [-0.4, -0.2) is 16.2 Å². The van der Waals surface area contributed by atoms with Gasteiger partial charge in [0.05, 0.1) is 0 Å². The van der Waals surface area contributed by atoms with Gasteiger partial charge < -0.3 is 9.47 Å². The van der Waals surface area contributed by atoms with E-state index in [9.17, 15) is 4.79 Å². The van der Waals surface area contributed by atoms with Crippen molar-refractivity contribution in [3.8, 4) is 6.01 Å². The number of aryl methyl sites for hydroxylation is 1. The third kappa shape index (κ3) is 3.92. The number of aromatic nitrogens is 2. The van der Waals surface area contributed by atoms with Gasteiger partial charge in [0, 0.05) is 18.4 Å². The minimum Gasteiger partial charge on any atom is -0.460 e. The molecule has 0 saturated carbocycles. The van der Waals surface area contributed by atoms with Gasteiger partial charge in [-0.2, -0.15) is 0 Å². The largest absolute Gasteiger partial charge is 0.460 e. The molecule has 0 N–H and O–H groups in total. The summed E-state index contributed by atoms with van der Waals surface area (Å²) in [7, 11) is 0. The minimum absolute atomic E-state index is 0.107. The molecule has 2 aromatic rings. The molecule has 0 amide bonds. The van der Waals surface area contributed by atoms with Crippen molar-refractivity contribution in [1.82, 2.24) is 9.55 Å². The highest BCUT2D eigenvalue weighted by atomic mass is 16.5. The molecule has 1 aromatic carbocycles. The first-order valence-electron chi connectivity index (χ1n) is 7.09. The highest BCUT2D eigenvalue weighted by Gasteiger charge is 2.10. The second-order valence-electron chi connectivity index (χ2n) is 4.55. The second kappa shape index (κ2) is 7.59. The van der Waals surface area contributed by atoms with Gasteiger partial charge in [-0.25, -0.2) is 9.55 Å². The lowest BCUT2D eigenvalue weighted by Gasteiger charge is -2.13. The molecule has 0 atom stereocenters. The summed E-state index contributed by atoms with van der Waals surface area (Å²) in [5, 5.41) is 0. The zero-order chi connectivity index (χ0) is 15.1. The second-order valence-corrected chi connectivity index (χ2v) is 4.55. The van der Waals surface area contributed by atoms with E-state index in [1.807, 2.05) is 44.2 Å². The summed E-state index contributed by atoms with van der Waals surface area (Å²) in [6.07, 6.45) is 2.21. The molecule has 0 aliphatic carbocycles. The van der Waals surface area contributed by atoms with Gasteiger partial charge in [0.25, 0.3) is 5.56 Å². The van der Waals surface area contributed by atoms with E-state index >= 15 is 0 Å². The molecule has 2 rings (SSSR count). The first-order valence-corrected chi connectivity index (χ1v) is 7.09. The Hall–Kier alpha value is -2.14. The Bertz CT molecular complexity index is 623. The summed E-state index contributed by atoms with van der Waals surface area (Å²) < 4.78 is 12.4. The first kappa shape index (κ1) is 15.3. The Morgan fingerprint density at radius 1 is 1.19 bits per heavy atom. The lowest BCUT2D eigenvalue weighted by atomic mass is 10.2. The van der Waals surface area contributed by atoms with E-state index in [2.05, 4.69) is 4.98 Å². The summed E-state index contributed by atoms with van der Waals surface area (Å²) in [6, 6.07) is 10.0. The highest BCUT2D eigenvalue weighted by Crippen LogP contribution is 2.09. The topological polar surface area (TPSA) is 53.4 Å². The summed E-state index contributed by atoms with van der Waals surface area (Å²) in [5.74, 6) is 0. The van der Waals surface area contributed by atoms with Gasteiger partial charge in [0.2, 0.25) is 0 Å². The van der Waals surface area contributed by atoms with Gasteiger partial charge in [0.15, 0.2) is 0 Å². The molecule has 0 bridgehead atoms. The lowest BCUT2D eigenvalue weighted by Crippen LogP contribution is -2.27. The molecular formula is C16H20N2O3. The van der Waals surface area contributed by atoms with E-state index in [1.165, 1.54) is 4.57 Å². The Labute approximate surface area is 124 Å². The van der Waals surface area contributed by atoms with Crippen LogP contribution in [0.4, 0.5) is 0 Å². The van der Waals surface area contributed by atoms with Crippen LogP contribution < -0.4 is 10.3 Å². The van der Waals surface area contributed by atoms with E-state index in [4.69, 9.17) is 9.47 Å². The van der Waals surface area contributed by atoms with Crippen LogP contribution in [0, 0.1) is 0 Å². The maximum absolute atomic E-state index is 12.3. The molecule has 112 valence electrons. The molecule has 0 aliphatic rings. The predicted octanol–water partition coefficient (Wildman–Crippen LogP) is 2.38. The zero-order valence-corrected chi connectivity index (χ0v) is 12.4. The van der Waals surface area contributed by atoms with E-state index < -0.39 is 0 Å². The van der Waals surface area contributed by atoms with Crippen LogP contribution in [0.5, 0.6) is 6.01 Å². The quantitative estimate of drug-likeness (QED) is 0.785. The Balaban J connectivity index is 2.21. The molecular weight excluding hydrogens is 268 g/mol. The lowest BCUT2D eigenvalue weighted by molar-refractivity contribution is 0.0740. The maximum Gasteiger partial charge on any atom is 0.301 e. The van der Waals surface area contributed by atoms with Crippen LogP contribution in [0.25, 0.3) is 0 Å². The van der Waals surface area contributed by atoms with Crippen LogP contribution >= 0.6 is 0 Å². The average Bonchev–Trinajstić information content (AvgIpc) is 2.53. The molecule has 0 saturated heterocycles. The number of benzene rings is 1. The zero-order valence-electron chi connectivity index (χ0n) is 12.4. The van der Waals surface area contributed by atoms with E-state index in [0.717, 1.165) is 5.56 Å². The Morgan fingerprint density at radius 3 is 2.62 bits per heavy atom. The van der Waals surface area contributed by atoms with Crippen LogP contribution in [0.3, 0.4) is 0 Å². The molecule has 5 heteroatoms. The van der Waals surface area contributed by atoms with Crippen LogP contribution in [0.15, 0.2) is 41.3 Å². The summed E-state index contributed by atoms with van der Waals surface area (Å²) in [5.41, 5.74) is 1.57. The van der Waals surface area contributed by atoms with Crippen molar-refractivity contribution in [2.24, 2.45) is 0 Å². The fourth-order valence-corrected chi connectivity index (χ4v) is 1.89. The molecule has 21 heavy (non-hydrogen) atoms. The van der Waals surface area contributed by atoms with E-state index in [1.54, 1.807) is 6.20 Å². The van der Waals surface area contributed by atoms with Crippen molar-refractivity contribution in [2.75, 3.05) is 6.61 Å². The molecule has 1 heterocycles. The molecule has 5 nitrogen and oxygen atoms in total. The summed E-state index contributed by atoms with van der Waals surface area (Å²) >= 11 is 0. The predicted molar refractivity (Wildman–Crippen MR) is 80.3 cm³/mol. The Morgan fingerprint density at radius 2 is 1.95 bits per heavy atom. The SMILES string of the molecule is CCOCn1c(OCc2ccccc2)ncc(CC)c1=O. The molecule has 1 aromatic heterocycles. The fraction of sp³-hybridized carbons (Fsp3) is 0.375. The average molecular weight is 288 g/mol. The number of hydrogen-bond acceptors (Lipinski definition) is 4. The van der Waals surface area contributed by atoms with E-state index in [0.29, 0.717) is 25.2 Å². The normalized spacial score (nSPS) is 10.6. The van der Waals surface area contributed by atoms with Crippen LogP contribution in [0.2, 0.25) is 0 Å². The van der Waals surface area contributed by atoms with E-state index in [-0.39, 0.29) is 18.3 Å².